The predicted molar refractivity (Wildman–Crippen MR) is 399 cm³/mol. The minimum Gasteiger partial charge on any atom is -0.462 e. The monoisotopic (exact) mass is 1250 g/mol. The average molecular weight is 1250 g/mol. The number of allylic oxidation sites excluding steroid dienone is 18. The van der Waals surface area contributed by atoms with Gasteiger partial charge in [-0.05, 0) is 96.3 Å². The Kier molecular flexibility index (Phi) is 76.7. The van der Waals surface area contributed by atoms with Crippen molar-refractivity contribution in [2.45, 2.75) is 405 Å². The van der Waals surface area contributed by atoms with Crippen LogP contribution in [0.4, 0.5) is 0 Å². The van der Waals surface area contributed by atoms with Crippen molar-refractivity contribution < 1.29 is 24.2 Å². The highest BCUT2D eigenvalue weighted by molar-refractivity contribution is 5.70. The maximum Gasteiger partial charge on any atom is 0.306 e. The predicted octanol–water partition coefficient (Wildman–Crippen LogP) is 27.9. The summed E-state index contributed by atoms with van der Waals surface area (Å²) in [5.41, 5.74) is 0. The molecule has 520 valence electrons. The Labute approximate surface area is 561 Å². The molecule has 0 fully saturated rings. The molecule has 5 heteroatoms. The molecular formula is C85H150O5. The van der Waals surface area contributed by atoms with Crippen molar-refractivity contribution in [3.05, 3.63) is 109 Å². The summed E-state index contributed by atoms with van der Waals surface area (Å²) in [6.45, 7) is 3.96. The van der Waals surface area contributed by atoms with Crippen LogP contribution in [-0.2, 0) is 19.1 Å². The first-order valence-electron chi connectivity index (χ1n) is 39.4. The van der Waals surface area contributed by atoms with Crippen molar-refractivity contribution in [2.24, 2.45) is 0 Å². The third-order valence-electron chi connectivity index (χ3n) is 17.6. The molecule has 0 heterocycles. The Hall–Kier alpha value is -3.44. The van der Waals surface area contributed by atoms with Crippen LogP contribution in [0.25, 0.3) is 0 Å². The lowest BCUT2D eigenvalue weighted by atomic mass is 10.0. The summed E-state index contributed by atoms with van der Waals surface area (Å²) in [7, 11) is 0. The van der Waals surface area contributed by atoms with Crippen LogP contribution >= 0.6 is 0 Å². The molecule has 90 heavy (non-hydrogen) atoms. The van der Waals surface area contributed by atoms with Gasteiger partial charge in [0.25, 0.3) is 0 Å². The number of aliphatic hydroxyl groups excluding tert-OH is 1. The minimum absolute atomic E-state index is 0.0623. The number of unbranched alkanes of at least 4 members (excludes halogenated alkanes) is 47. The average Bonchev–Trinajstić information content (AvgIpc) is 3.59. The highest BCUT2D eigenvalue weighted by Crippen LogP contribution is 2.19. The van der Waals surface area contributed by atoms with Gasteiger partial charge in [0.1, 0.15) is 6.61 Å². The highest BCUT2D eigenvalue weighted by Gasteiger charge is 2.16. The fourth-order valence-corrected chi connectivity index (χ4v) is 11.8. The van der Waals surface area contributed by atoms with E-state index in [4.69, 9.17) is 9.47 Å². The standard InChI is InChI=1S/C85H150O5/c1-3-5-7-9-11-13-15-17-19-21-23-25-27-29-31-33-35-37-39-41-42-44-46-48-50-52-54-56-58-60-62-64-66-68-70-72-74-76-78-80-85(88)90-83(81-86)82-89-84(87)79-77-75-73-71-69-67-65-63-61-59-57-55-53-51-49-47-45-43-40-38-36-34-32-30-28-26-24-22-20-18-16-14-12-10-8-6-4-2/h5-8,11-14,17-20,23-26,29,31,83,86H,3-4,9-10,15-16,21-22,27-28,30,32-82H2,1-2H3/b7-5-,8-6-,13-11-,14-12-,19-17-,20-18-,25-23-,26-24-,31-29-. The van der Waals surface area contributed by atoms with Gasteiger partial charge >= 0.3 is 11.9 Å². The molecule has 0 aliphatic rings. The SMILES string of the molecule is CC/C=C\C/C=C\C/C=C\C/C=C\C/C=C\CCCCCCCCCCCCCCCCCCCCCCCCCC(=O)OC(CO)COC(=O)CCCCCCCCCCCCCCCCCCCCCCCCCC/C=C\C/C=C\C/C=C\C/C=C\CC. The first-order chi connectivity index (χ1) is 44.6. The summed E-state index contributed by atoms with van der Waals surface area (Å²) in [6.07, 6.45) is 116. The fourth-order valence-electron chi connectivity index (χ4n) is 11.8. The molecule has 0 rings (SSSR count). The summed E-state index contributed by atoms with van der Waals surface area (Å²) in [5, 5.41) is 9.73. The first kappa shape index (κ1) is 86.6. The second-order valence-electron chi connectivity index (χ2n) is 26.4. The quantitative estimate of drug-likeness (QED) is 0.0373. The molecule has 0 spiro atoms. The summed E-state index contributed by atoms with van der Waals surface area (Å²) in [6, 6.07) is 0. The van der Waals surface area contributed by atoms with Gasteiger partial charge in [-0.3, -0.25) is 9.59 Å². The molecule has 0 aromatic heterocycles. The summed E-state index contributed by atoms with van der Waals surface area (Å²) < 4.78 is 10.8. The van der Waals surface area contributed by atoms with Gasteiger partial charge in [0.05, 0.1) is 6.61 Å². The second kappa shape index (κ2) is 79.8. The van der Waals surface area contributed by atoms with Crippen molar-refractivity contribution in [2.75, 3.05) is 13.2 Å². The zero-order valence-corrected chi connectivity index (χ0v) is 59.9. The molecule has 0 aromatic rings. The largest absolute Gasteiger partial charge is 0.462 e. The maximum atomic E-state index is 12.4. The van der Waals surface area contributed by atoms with Crippen molar-refractivity contribution in [1.82, 2.24) is 0 Å². The van der Waals surface area contributed by atoms with Crippen molar-refractivity contribution in [3.63, 3.8) is 0 Å². The molecule has 0 aromatic carbocycles. The fraction of sp³-hybridized carbons (Fsp3) is 0.765. The van der Waals surface area contributed by atoms with Crippen LogP contribution in [0.3, 0.4) is 0 Å². The number of hydrogen-bond acceptors (Lipinski definition) is 5. The van der Waals surface area contributed by atoms with Crippen LogP contribution in [0.1, 0.15) is 399 Å². The molecule has 1 unspecified atom stereocenters. The highest BCUT2D eigenvalue weighted by atomic mass is 16.6. The Balaban J connectivity index is 3.39. The van der Waals surface area contributed by atoms with Crippen LogP contribution in [-0.4, -0.2) is 36.4 Å². The molecular weight excluding hydrogens is 1100 g/mol. The van der Waals surface area contributed by atoms with Crippen molar-refractivity contribution in [1.29, 1.82) is 0 Å². The number of rotatable bonds is 73. The molecule has 0 saturated carbocycles. The molecule has 0 amide bonds. The van der Waals surface area contributed by atoms with E-state index in [9.17, 15) is 14.7 Å². The van der Waals surface area contributed by atoms with E-state index in [0.29, 0.717) is 12.8 Å². The van der Waals surface area contributed by atoms with Gasteiger partial charge in [0, 0.05) is 12.8 Å². The minimum atomic E-state index is -0.774. The Bertz CT molecular complexity index is 1710. The summed E-state index contributed by atoms with van der Waals surface area (Å²) in [4.78, 5) is 24.7. The number of esters is 2. The zero-order chi connectivity index (χ0) is 64.7. The lowest BCUT2D eigenvalue weighted by Crippen LogP contribution is -2.28. The van der Waals surface area contributed by atoms with Gasteiger partial charge in [-0.25, -0.2) is 0 Å². The molecule has 1 N–H and O–H groups in total. The maximum absolute atomic E-state index is 12.4. The lowest BCUT2D eigenvalue weighted by Gasteiger charge is -2.15. The Morgan fingerprint density at radius 3 is 0.667 bits per heavy atom. The number of hydrogen-bond donors (Lipinski definition) is 1. The smallest absolute Gasteiger partial charge is 0.306 e. The lowest BCUT2D eigenvalue weighted by molar-refractivity contribution is -0.161. The van der Waals surface area contributed by atoms with Crippen LogP contribution in [0, 0.1) is 0 Å². The Morgan fingerprint density at radius 1 is 0.256 bits per heavy atom. The number of aliphatic hydroxyl groups is 1. The Morgan fingerprint density at radius 2 is 0.444 bits per heavy atom. The molecule has 0 bridgehead atoms. The van der Waals surface area contributed by atoms with E-state index >= 15 is 0 Å². The van der Waals surface area contributed by atoms with Gasteiger partial charge < -0.3 is 14.6 Å². The van der Waals surface area contributed by atoms with E-state index in [1.54, 1.807) is 0 Å². The number of carbonyl (C=O) groups is 2. The van der Waals surface area contributed by atoms with Crippen LogP contribution in [0.2, 0.25) is 0 Å². The molecule has 1 atom stereocenters. The van der Waals surface area contributed by atoms with Crippen LogP contribution < -0.4 is 0 Å². The molecule has 0 saturated heterocycles. The van der Waals surface area contributed by atoms with E-state index in [0.717, 1.165) is 96.3 Å². The van der Waals surface area contributed by atoms with E-state index < -0.39 is 6.10 Å². The summed E-state index contributed by atoms with van der Waals surface area (Å²) >= 11 is 0. The van der Waals surface area contributed by atoms with Gasteiger partial charge in [0.15, 0.2) is 6.10 Å². The second-order valence-corrected chi connectivity index (χ2v) is 26.4. The zero-order valence-electron chi connectivity index (χ0n) is 59.9. The van der Waals surface area contributed by atoms with Gasteiger partial charge in [0.2, 0.25) is 0 Å². The van der Waals surface area contributed by atoms with Gasteiger partial charge in [-0.2, -0.15) is 0 Å². The van der Waals surface area contributed by atoms with Crippen molar-refractivity contribution >= 4 is 11.9 Å². The topological polar surface area (TPSA) is 72.8 Å². The molecule has 0 aliphatic carbocycles. The first-order valence-corrected chi connectivity index (χ1v) is 39.4. The van der Waals surface area contributed by atoms with E-state index in [1.807, 2.05) is 0 Å². The molecule has 0 aliphatic heterocycles. The molecule has 5 nitrogen and oxygen atoms in total. The number of carbonyl (C=O) groups excluding carboxylic acids is 2. The van der Waals surface area contributed by atoms with Gasteiger partial charge in [-0.1, -0.05) is 399 Å². The van der Waals surface area contributed by atoms with Crippen LogP contribution in [0.5, 0.6) is 0 Å². The normalized spacial score (nSPS) is 12.8. The van der Waals surface area contributed by atoms with E-state index in [-0.39, 0.29) is 25.2 Å². The third kappa shape index (κ3) is 77.0. The van der Waals surface area contributed by atoms with E-state index in [2.05, 4.69) is 123 Å². The van der Waals surface area contributed by atoms with Crippen molar-refractivity contribution in [3.8, 4) is 0 Å². The summed E-state index contributed by atoms with van der Waals surface area (Å²) in [5.74, 6) is -0.569. The van der Waals surface area contributed by atoms with E-state index in [1.165, 1.54) is 276 Å². The third-order valence-corrected chi connectivity index (χ3v) is 17.6. The number of ether oxygens (including phenoxy) is 2. The molecule has 0 radical (unpaired) electrons. The van der Waals surface area contributed by atoms with Crippen LogP contribution in [0.15, 0.2) is 109 Å². The van der Waals surface area contributed by atoms with Gasteiger partial charge in [-0.15, -0.1) is 0 Å².